The fraction of sp³-hybridized carbons (Fsp3) is 0.294. The minimum absolute atomic E-state index is 0.174. The third-order valence-electron chi connectivity index (χ3n) is 3.43. The first kappa shape index (κ1) is 15.0. The average Bonchev–Trinajstić information content (AvgIpc) is 2.39. The summed E-state index contributed by atoms with van der Waals surface area (Å²) in [6.45, 7) is 6.30. The van der Waals surface area contributed by atoms with Crippen LogP contribution in [0.5, 0.6) is 0 Å². The van der Waals surface area contributed by atoms with Crippen molar-refractivity contribution >= 4 is 21.6 Å². The molecule has 0 aliphatic carbocycles. The monoisotopic (exact) mass is 335 g/mol. The Bertz CT molecular complexity index is 569. The summed E-state index contributed by atoms with van der Waals surface area (Å²) in [4.78, 5) is 0. The van der Waals surface area contributed by atoms with Gasteiger partial charge in [0, 0.05) is 4.47 Å². The van der Waals surface area contributed by atoms with E-state index in [0.29, 0.717) is 0 Å². The fourth-order valence-electron chi connectivity index (χ4n) is 2.39. The second kappa shape index (κ2) is 6.40. The molecule has 1 N–H and O–H groups in total. The van der Waals surface area contributed by atoms with Crippen LogP contribution in [-0.4, -0.2) is 0 Å². The lowest BCUT2D eigenvalue weighted by Gasteiger charge is -2.21. The van der Waals surface area contributed by atoms with Crippen LogP contribution in [0.15, 0.2) is 40.9 Å². The van der Waals surface area contributed by atoms with Crippen molar-refractivity contribution in [1.82, 2.24) is 0 Å². The predicted molar refractivity (Wildman–Crippen MR) is 86.7 cm³/mol. The van der Waals surface area contributed by atoms with Gasteiger partial charge in [-0.3, -0.25) is 0 Å². The van der Waals surface area contributed by atoms with Crippen molar-refractivity contribution < 1.29 is 4.39 Å². The lowest BCUT2D eigenvalue weighted by molar-refractivity contribution is 0.625. The van der Waals surface area contributed by atoms with E-state index < -0.39 is 0 Å². The quantitative estimate of drug-likeness (QED) is 0.747. The topological polar surface area (TPSA) is 12.0 Å². The van der Waals surface area contributed by atoms with E-state index in [1.54, 1.807) is 0 Å². The lowest BCUT2D eigenvalue weighted by Crippen LogP contribution is -2.11. The highest BCUT2D eigenvalue weighted by molar-refractivity contribution is 9.10. The van der Waals surface area contributed by atoms with Crippen molar-refractivity contribution in [2.75, 3.05) is 5.32 Å². The molecule has 0 amide bonds. The van der Waals surface area contributed by atoms with Crippen LogP contribution < -0.4 is 5.32 Å². The van der Waals surface area contributed by atoms with Crippen molar-refractivity contribution in [3.8, 4) is 0 Å². The predicted octanol–water partition coefficient (Wildman–Crippen LogP) is 5.77. The molecule has 2 rings (SSSR count). The molecular weight excluding hydrogens is 317 g/mol. The Morgan fingerprint density at radius 3 is 2.35 bits per heavy atom. The summed E-state index contributed by atoms with van der Waals surface area (Å²) in [5.74, 6) is -0.198. The van der Waals surface area contributed by atoms with Crippen molar-refractivity contribution in [2.24, 2.45) is 0 Å². The van der Waals surface area contributed by atoms with E-state index in [0.717, 1.165) is 22.1 Å². The fourth-order valence-corrected chi connectivity index (χ4v) is 3.18. The van der Waals surface area contributed by atoms with Gasteiger partial charge in [-0.25, -0.2) is 4.39 Å². The molecular formula is C17H19BrFN. The van der Waals surface area contributed by atoms with Gasteiger partial charge in [0.15, 0.2) is 0 Å². The van der Waals surface area contributed by atoms with E-state index in [4.69, 9.17) is 0 Å². The minimum atomic E-state index is -0.198. The molecule has 1 nitrogen and oxygen atoms in total. The molecule has 3 heteroatoms. The number of rotatable bonds is 4. The van der Waals surface area contributed by atoms with E-state index in [1.165, 1.54) is 23.3 Å². The van der Waals surface area contributed by atoms with Crippen LogP contribution in [0.4, 0.5) is 10.1 Å². The molecule has 2 aromatic carbocycles. The Kier molecular flexibility index (Phi) is 4.81. The van der Waals surface area contributed by atoms with E-state index in [9.17, 15) is 4.39 Å². The van der Waals surface area contributed by atoms with Crippen LogP contribution in [0.1, 0.15) is 36.1 Å². The number of nitrogens with one attached hydrogen (secondary N) is 1. The Morgan fingerprint density at radius 2 is 1.80 bits per heavy atom. The number of anilines is 1. The second-order valence-electron chi connectivity index (χ2n) is 5.10. The van der Waals surface area contributed by atoms with Crippen LogP contribution in [-0.2, 0) is 0 Å². The van der Waals surface area contributed by atoms with Gasteiger partial charge in [0.2, 0.25) is 0 Å². The van der Waals surface area contributed by atoms with Gasteiger partial charge in [0.05, 0.1) is 11.7 Å². The molecule has 1 atom stereocenters. The molecule has 0 radical (unpaired) electrons. The van der Waals surface area contributed by atoms with E-state index in [-0.39, 0.29) is 11.9 Å². The van der Waals surface area contributed by atoms with Gasteiger partial charge in [-0.2, -0.15) is 0 Å². The normalized spacial score (nSPS) is 12.2. The number of halogens is 2. The van der Waals surface area contributed by atoms with Crippen LogP contribution in [0.2, 0.25) is 0 Å². The zero-order valence-electron chi connectivity index (χ0n) is 12.0. The van der Waals surface area contributed by atoms with Gasteiger partial charge < -0.3 is 5.32 Å². The van der Waals surface area contributed by atoms with Crippen LogP contribution in [0.25, 0.3) is 0 Å². The highest BCUT2D eigenvalue weighted by Crippen LogP contribution is 2.32. The highest BCUT2D eigenvalue weighted by Gasteiger charge is 2.13. The second-order valence-corrected chi connectivity index (χ2v) is 5.95. The summed E-state index contributed by atoms with van der Waals surface area (Å²) in [7, 11) is 0. The SMILES string of the molecule is CCC(Nc1c(C)cc(C)cc1Br)c1ccc(F)cc1. The van der Waals surface area contributed by atoms with Gasteiger partial charge in [-0.15, -0.1) is 0 Å². The molecule has 0 aliphatic heterocycles. The molecule has 0 bridgehead atoms. The Morgan fingerprint density at radius 1 is 1.15 bits per heavy atom. The zero-order chi connectivity index (χ0) is 14.7. The highest BCUT2D eigenvalue weighted by atomic mass is 79.9. The first-order valence-electron chi connectivity index (χ1n) is 6.80. The standard InChI is InChI=1S/C17H19BrFN/c1-4-16(13-5-7-14(19)8-6-13)20-17-12(3)9-11(2)10-15(17)18/h5-10,16,20H,4H2,1-3H3. The third-order valence-corrected chi connectivity index (χ3v) is 4.06. The zero-order valence-corrected chi connectivity index (χ0v) is 13.6. The van der Waals surface area contributed by atoms with Crippen LogP contribution in [0, 0.1) is 19.7 Å². The molecule has 0 spiro atoms. The van der Waals surface area contributed by atoms with Crippen molar-refractivity contribution in [3.63, 3.8) is 0 Å². The molecule has 20 heavy (non-hydrogen) atoms. The maximum atomic E-state index is 13.0. The maximum absolute atomic E-state index is 13.0. The Balaban J connectivity index is 2.29. The third kappa shape index (κ3) is 3.40. The first-order chi connectivity index (χ1) is 9.51. The number of hydrogen-bond donors (Lipinski definition) is 1. The minimum Gasteiger partial charge on any atom is -0.377 e. The molecule has 0 aromatic heterocycles. The van der Waals surface area contributed by atoms with Gasteiger partial charge >= 0.3 is 0 Å². The van der Waals surface area contributed by atoms with Crippen LogP contribution in [0.3, 0.4) is 0 Å². The van der Waals surface area contributed by atoms with Gasteiger partial charge in [0.1, 0.15) is 5.82 Å². The average molecular weight is 336 g/mol. The summed E-state index contributed by atoms with van der Waals surface area (Å²) in [5, 5.41) is 3.56. The molecule has 106 valence electrons. The molecule has 0 heterocycles. The van der Waals surface area contributed by atoms with E-state index >= 15 is 0 Å². The summed E-state index contributed by atoms with van der Waals surface area (Å²) in [5.41, 5.74) is 4.64. The summed E-state index contributed by atoms with van der Waals surface area (Å²) in [6.07, 6.45) is 0.936. The van der Waals surface area contributed by atoms with Crippen molar-refractivity contribution in [1.29, 1.82) is 0 Å². The van der Waals surface area contributed by atoms with Crippen LogP contribution >= 0.6 is 15.9 Å². The van der Waals surface area contributed by atoms with Gasteiger partial charge in [-0.05, 0) is 71.1 Å². The van der Waals surface area contributed by atoms with Crippen molar-refractivity contribution in [2.45, 2.75) is 33.2 Å². The molecule has 0 fully saturated rings. The number of hydrogen-bond acceptors (Lipinski definition) is 1. The maximum Gasteiger partial charge on any atom is 0.123 e. The van der Waals surface area contributed by atoms with E-state index in [2.05, 4.69) is 54.2 Å². The largest absolute Gasteiger partial charge is 0.377 e. The molecule has 2 aromatic rings. The Hall–Kier alpha value is -1.35. The Labute approximate surface area is 128 Å². The van der Waals surface area contributed by atoms with Gasteiger partial charge in [-0.1, -0.05) is 25.1 Å². The molecule has 0 saturated heterocycles. The summed E-state index contributed by atoms with van der Waals surface area (Å²) < 4.78 is 14.1. The van der Waals surface area contributed by atoms with Crippen molar-refractivity contribution in [3.05, 3.63) is 63.4 Å². The summed E-state index contributed by atoms with van der Waals surface area (Å²) >= 11 is 3.62. The van der Waals surface area contributed by atoms with Gasteiger partial charge in [0.25, 0.3) is 0 Å². The molecule has 0 aliphatic rings. The lowest BCUT2D eigenvalue weighted by atomic mass is 10.0. The number of benzene rings is 2. The summed E-state index contributed by atoms with van der Waals surface area (Å²) in [6, 6.07) is 11.1. The first-order valence-corrected chi connectivity index (χ1v) is 7.59. The van der Waals surface area contributed by atoms with E-state index in [1.807, 2.05) is 12.1 Å². The molecule has 1 unspecified atom stereocenters. The molecule has 0 saturated carbocycles. The number of aryl methyl sites for hydroxylation is 2. The smallest absolute Gasteiger partial charge is 0.123 e.